The molecule has 2 amide bonds. The number of carbonyl (C=O) groups is 2. The third-order valence-electron chi connectivity index (χ3n) is 4.66. The second kappa shape index (κ2) is 8.37. The average Bonchev–Trinajstić information content (AvgIpc) is 2.58. The molecule has 1 aromatic rings. The highest BCUT2D eigenvalue weighted by molar-refractivity contribution is 5.85. The molecule has 1 N–H and O–H groups in total. The number of rotatable bonds is 5. The summed E-state index contributed by atoms with van der Waals surface area (Å²) in [7, 11) is 2.12. The number of hydrogen-bond donors (Lipinski definition) is 1. The highest BCUT2D eigenvalue weighted by atomic mass is 16.2. The summed E-state index contributed by atoms with van der Waals surface area (Å²) in [4.78, 5) is 28.3. The van der Waals surface area contributed by atoms with Gasteiger partial charge in [0.25, 0.3) is 0 Å². The lowest BCUT2D eigenvalue weighted by Crippen LogP contribution is -2.48. The van der Waals surface area contributed by atoms with Crippen LogP contribution in [0.25, 0.3) is 0 Å². The van der Waals surface area contributed by atoms with Crippen molar-refractivity contribution >= 4 is 17.5 Å². The normalized spacial score (nSPS) is 15.8. The van der Waals surface area contributed by atoms with Crippen LogP contribution in [0, 0.1) is 5.41 Å². The van der Waals surface area contributed by atoms with Crippen LogP contribution in [0.2, 0.25) is 0 Å². The van der Waals surface area contributed by atoms with E-state index in [0.717, 1.165) is 25.9 Å². The van der Waals surface area contributed by atoms with Crippen LogP contribution >= 0.6 is 0 Å². The quantitative estimate of drug-likeness (QED) is 0.893. The predicted octanol–water partition coefficient (Wildman–Crippen LogP) is 2.67. The molecular weight excluding hydrogens is 314 g/mol. The molecule has 0 radical (unpaired) electrons. The molecule has 138 valence electrons. The van der Waals surface area contributed by atoms with E-state index in [1.165, 1.54) is 5.69 Å². The number of carbonyl (C=O) groups excluding carboxylic acids is 2. The lowest BCUT2D eigenvalue weighted by Gasteiger charge is -2.38. The van der Waals surface area contributed by atoms with Gasteiger partial charge in [-0.15, -0.1) is 0 Å². The topological polar surface area (TPSA) is 52.6 Å². The molecule has 5 nitrogen and oxygen atoms in total. The summed E-state index contributed by atoms with van der Waals surface area (Å²) in [6.45, 7) is 7.65. The second-order valence-corrected chi connectivity index (χ2v) is 8.07. The van der Waals surface area contributed by atoms with Crippen LogP contribution in [0.3, 0.4) is 0 Å². The first-order valence-electron chi connectivity index (χ1n) is 9.08. The maximum Gasteiger partial charge on any atom is 0.241 e. The molecule has 1 fully saturated rings. The first kappa shape index (κ1) is 19.3. The fourth-order valence-electron chi connectivity index (χ4n) is 3.21. The van der Waals surface area contributed by atoms with Gasteiger partial charge in [-0.3, -0.25) is 9.59 Å². The molecular formula is C20H31N3O2. The largest absolute Gasteiger partial charge is 0.371 e. The molecule has 1 aromatic carbocycles. The zero-order valence-corrected chi connectivity index (χ0v) is 15.9. The Kier molecular flexibility index (Phi) is 6.45. The number of likely N-dealkylation sites (tertiary alicyclic amines) is 1. The maximum absolute atomic E-state index is 12.3. The van der Waals surface area contributed by atoms with E-state index in [-0.39, 0.29) is 23.8 Å². The standard InChI is InChI=1S/C20H31N3O2/c1-20(2,3)14-18(24)21-15-19(25)23-12-10-17(11-13-23)22(4)16-8-6-5-7-9-16/h5-9,17H,10-15H2,1-4H3,(H,21,24). The van der Waals surface area contributed by atoms with Gasteiger partial charge in [-0.25, -0.2) is 0 Å². The van der Waals surface area contributed by atoms with Crippen LogP contribution in [-0.2, 0) is 9.59 Å². The van der Waals surface area contributed by atoms with Crippen LogP contribution in [0.4, 0.5) is 5.69 Å². The Morgan fingerprint density at radius 3 is 2.32 bits per heavy atom. The smallest absolute Gasteiger partial charge is 0.241 e. The zero-order chi connectivity index (χ0) is 18.4. The minimum atomic E-state index is -0.0620. The maximum atomic E-state index is 12.3. The molecule has 25 heavy (non-hydrogen) atoms. The molecule has 5 heteroatoms. The van der Waals surface area contributed by atoms with Crippen molar-refractivity contribution in [2.45, 2.75) is 46.1 Å². The summed E-state index contributed by atoms with van der Waals surface area (Å²) < 4.78 is 0. The summed E-state index contributed by atoms with van der Waals surface area (Å²) in [5.74, 6) is -0.0392. The molecule has 1 saturated heterocycles. The van der Waals surface area contributed by atoms with Crippen molar-refractivity contribution < 1.29 is 9.59 Å². The summed E-state index contributed by atoms with van der Waals surface area (Å²) in [5, 5.41) is 2.76. The zero-order valence-electron chi connectivity index (χ0n) is 15.9. The summed E-state index contributed by atoms with van der Waals surface area (Å²) in [5.41, 5.74) is 1.15. The Morgan fingerprint density at radius 1 is 1.16 bits per heavy atom. The third kappa shape index (κ3) is 6.07. The monoisotopic (exact) mass is 345 g/mol. The Morgan fingerprint density at radius 2 is 1.76 bits per heavy atom. The average molecular weight is 345 g/mol. The van der Waals surface area contributed by atoms with Crippen molar-refractivity contribution in [3.63, 3.8) is 0 Å². The fourth-order valence-corrected chi connectivity index (χ4v) is 3.21. The van der Waals surface area contributed by atoms with E-state index in [1.54, 1.807) is 0 Å². The molecule has 1 heterocycles. The van der Waals surface area contributed by atoms with Crippen molar-refractivity contribution in [3.05, 3.63) is 30.3 Å². The van der Waals surface area contributed by atoms with Crippen LogP contribution in [0.15, 0.2) is 30.3 Å². The third-order valence-corrected chi connectivity index (χ3v) is 4.66. The summed E-state index contributed by atoms with van der Waals surface area (Å²) in [6, 6.07) is 10.8. The number of nitrogens with one attached hydrogen (secondary N) is 1. The van der Waals surface area contributed by atoms with Gasteiger partial charge in [-0.1, -0.05) is 39.0 Å². The van der Waals surface area contributed by atoms with Gasteiger partial charge in [-0.05, 0) is 30.4 Å². The first-order valence-corrected chi connectivity index (χ1v) is 9.08. The van der Waals surface area contributed by atoms with Crippen LogP contribution in [-0.4, -0.2) is 49.4 Å². The Hall–Kier alpha value is -2.04. The molecule has 0 aromatic heterocycles. The van der Waals surface area contributed by atoms with Gasteiger partial charge in [0.2, 0.25) is 11.8 Å². The van der Waals surface area contributed by atoms with E-state index in [4.69, 9.17) is 0 Å². The fraction of sp³-hybridized carbons (Fsp3) is 0.600. The Balaban J connectivity index is 1.76. The summed E-state index contributed by atoms with van der Waals surface area (Å²) in [6.07, 6.45) is 2.34. The van der Waals surface area contributed by atoms with Crippen molar-refractivity contribution in [2.24, 2.45) is 5.41 Å². The van der Waals surface area contributed by atoms with Crippen molar-refractivity contribution in [3.8, 4) is 0 Å². The number of amides is 2. The molecule has 0 spiro atoms. The second-order valence-electron chi connectivity index (χ2n) is 8.07. The number of nitrogens with zero attached hydrogens (tertiary/aromatic N) is 2. The molecule has 1 aliphatic rings. The molecule has 2 rings (SSSR count). The number of benzene rings is 1. The van der Waals surface area contributed by atoms with Gasteiger partial charge in [0, 0.05) is 38.3 Å². The number of hydrogen-bond acceptors (Lipinski definition) is 3. The predicted molar refractivity (Wildman–Crippen MR) is 102 cm³/mol. The molecule has 0 unspecified atom stereocenters. The lowest BCUT2D eigenvalue weighted by atomic mass is 9.92. The molecule has 0 saturated carbocycles. The number of piperidine rings is 1. The molecule has 0 aliphatic carbocycles. The van der Waals surface area contributed by atoms with Crippen LogP contribution < -0.4 is 10.2 Å². The number of para-hydroxylation sites is 1. The lowest BCUT2D eigenvalue weighted by molar-refractivity contribution is -0.134. The van der Waals surface area contributed by atoms with E-state index in [1.807, 2.05) is 43.9 Å². The Bertz CT molecular complexity index is 572. The van der Waals surface area contributed by atoms with E-state index in [0.29, 0.717) is 12.5 Å². The van der Waals surface area contributed by atoms with E-state index in [9.17, 15) is 9.59 Å². The SMILES string of the molecule is CN(c1ccccc1)C1CCN(C(=O)CNC(=O)CC(C)(C)C)CC1. The van der Waals surface area contributed by atoms with Crippen molar-refractivity contribution in [1.29, 1.82) is 0 Å². The number of anilines is 1. The van der Waals surface area contributed by atoms with Crippen LogP contribution in [0.1, 0.15) is 40.0 Å². The van der Waals surface area contributed by atoms with Gasteiger partial charge in [0.05, 0.1) is 6.54 Å². The molecule has 0 atom stereocenters. The van der Waals surface area contributed by atoms with E-state index >= 15 is 0 Å². The van der Waals surface area contributed by atoms with E-state index in [2.05, 4.69) is 29.4 Å². The summed E-state index contributed by atoms with van der Waals surface area (Å²) >= 11 is 0. The van der Waals surface area contributed by atoms with E-state index < -0.39 is 0 Å². The highest BCUT2D eigenvalue weighted by Gasteiger charge is 2.25. The Labute approximate surface area is 151 Å². The van der Waals surface area contributed by atoms with Crippen molar-refractivity contribution in [1.82, 2.24) is 10.2 Å². The van der Waals surface area contributed by atoms with Crippen LogP contribution in [0.5, 0.6) is 0 Å². The highest BCUT2D eigenvalue weighted by Crippen LogP contribution is 2.22. The van der Waals surface area contributed by atoms with Gasteiger partial charge >= 0.3 is 0 Å². The van der Waals surface area contributed by atoms with Gasteiger partial charge in [-0.2, -0.15) is 0 Å². The van der Waals surface area contributed by atoms with Gasteiger partial charge < -0.3 is 15.1 Å². The minimum absolute atomic E-state index is 0.0167. The minimum Gasteiger partial charge on any atom is -0.371 e. The van der Waals surface area contributed by atoms with Gasteiger partial charge in [0.15, 0.2) is 0 Å². The molecule has 0 bridgehead atoms. The molecule has 1 aliphatic heterocycles. The van der Waals surface area contributed by atoms with Gasteiger partial charge in [0.1, 0.15) is 0 Å². The van der Waals surface area contributed by atoms with Crippen molar-refractivity contribution in [2.75, 3.05) is 31.6 Å². The first-order chi connectivity index (χ1) is 11.8.